The summed E-state index contributed by atoms with van der Waals surface area (Å²) < 4.78 is 6.24. The molecule has 6 aliphatic rings. The number of carbonyl (C=O) groups excluding carboxylic acids is 1. The maximum Gasteiger partial charge on any atom is 0.159 e. The van der Waals surface area contributed by atoms with Crippen molar-refractivity contribution in [1.29, 1.82) is 0 Å². The number of rotatable bonds is 14. The van der Waals surface area contributed by atoms with Crippen LogP contribution in [0.5, 0.6) is 0 Å². The zero-order valence-electron chi connectivity index (χ0n) is 32.5. The van der Waals surface area contributed by atoms with Crippen molar-refractivity contribution in [3.63, 3.8) is 0 Å². The first kappa shape index (κ1) is 40.7. The molecule has 4 aliphatic carbocycles. The van der Waals surface area contributed by atoms with Gasteiger partial charge in [0.1, 0.15) is 6.10 Å². The van der Waals surface area contributed by atoms with Crippen LogP contribution in [0.1, 0.15) is 137 Å². The van der Waals surface area contributed by atoms with Crippen LogP contribution in [0.3, 0.4) is 0 Å². The Morgan fingerprint density at radius 1 is 1.02 bits per heavy atom. The molecule has 0 amide bonds. The van der Waals surface area contributed by atoms with Gasteiger partial charge in [-0.2, -0.15) is 0 Å². The predicted octanol–water partition coefficient (Wildman–Crippen LogP) is 4.11. The Hall–Kier alpha value is -0.950. The van der Waals surface area contributed by atoms with Gasteiger partial charge in [0.2, 0.25) is 0 Å². The smallest absolute Gasteiger partial charge is 0.159 e. The maximum absolute atomic E-state index is 14.3. The van der Waals surface area contributed by atoms with E-state index in [-0.39, 0.29) is 42.9 Å². The lowest BCUT2D eigenvalue weighted by Crippen LogP contribution is -2.64. The molecule has 2 saturated heterocycles. The highest BCUT2D eigenvalue weighted by atomic mass is 16.5. The third-order valence-electron chi connectivity index (χ3n) is 16.2. The van der Waals surface area contributed by atoms with Crippen LogP contribution >= 0.6 is 0 Å². The van der Waals surface area contributed by atoms with Crippen molar-refractivity contribution in [2.24, 2.45) is 52.1 Å². The molecule has 9 N–H and O–H groups in total. The Morgan fingerprint density at radius 3 is 2.52 bits per heavy atom. The van der Waals surface area contributed by atoms with Gasteiger partial charge in [0.15, 0.2) is 5.78 Å². The van der Waals surface area contributed by atoms with E-state index in [4.69, 9.17) is 10.5 Å². The molecular formula is C42H72N2O8. The van der Waals surface area contributed by atoms with Crippen molar-refractivity contribution in [1.82, 2.24) is 5.32 Å². The maximum atomic E-state index is 14.3. The number of piperidine rings is 1. The summed E-state index contributed by atoms with van der Waals surface area (Å²) in [6.07, 6.45) is 11.4. The van der Waals surface area contributed by atoms with E-state index >= 15 is 0 Å². The van der Waals surface area contributed by atoms with Crippen molar-refractivity contribution < 1.29 is 40.2 Å². The average Bonchev–Trinajstić information content (AvgIpc) is 3.62. The molecule has 0 bridgehead atoms. The molecule has 52 heavy (non-hydrogen) atoms. The van der Waals surface area contributed by atoms with Gasteiger partial charge in [0.25, 0.3) is 0 Å². The molecule has 6 rings (SSSR count). The molecule has 10 heteroatoms. The summed E-state index contributed by atoms with van der Waals surface area (Å²) >= 11 is 0. The second-order valence-corrected chi connectivity index (χ2v) is 18.9. The summed E-state index contributed by atoms with van der Waals surface area (Å²) in [5, 5.41) is 72.5. The van der Waals surface area contributed by atoms with Gasteiger partial charge in [0.05, 0.1) is 42.3 Å². The minimum absolute atomic E-state index is 0.0797. The molecule has 10 nitrogen and oxygen atoms in total. The van der Waals surface area contributed by atoms with E-state index in [9.17, 15) is 35.4 Å². The largest absolute Gasteiger partial charge is 0.396 e. The van der Waals surface area contributed by atoms with Gasteiger partial charge >= 0.3 is 0 Å². The lowest BCUT2D eigenvalue weighted by Gasteiger charge is -2.62. The van der Waals surface area contributed by atoms with E-state index in [1.165, 1.54) is 19.3 Å². The Bertz CT molecular complexity index is 1280. The van der Waals surface area contributed by atoms with Crippen LogP contribution in [0.15, 0.2) is 11.6 Å². The Kier molecular flexibility index (Phi) is 12.4. The molecule has 0 aromatic heterocycles. The van der Waals surface area contributed by atoms with E-state index in [0.717, 1.165) is 44.1 Å². The molecule has 5 fully saturated rings. The van der Waals surface area contributed by atoms with Crippen molar-refractivity contribution >= 4 is 5.78 Å². The number of unbranched alkanes of at least 4 members (excludes halogenated alkanes) is 3. The minimum atomic E-state index is -1.52. The number of ether oxygens (including phenoxy) is 1. The summed E-state index contributed by atoms with van der Waals surface area (Å²) in [4.78, 5) is 14.3. The topological polar surface area (TPSA) is 186 Å². The van der Waals surface area contributed by atoms with Crippen molar-refractivity contribution in [3.8, 4) is 0 Å². The first-order valence-corrected chi connectivity index (χ1v) is 21.1. The summed E-state index contributed by atoms with van der Waals surface area (Å²) in [7, 11) is 0. The monoisotopic (exact) mass is 733 g/mol. The number of hydrogen-bond acceptors (Lipinski definition) is 10. The van der Waals surface area contributed by atoms with Gasteiger partial charge < -0.3 is 41.1 Å². The Morgan fingerprint density at radius 2 is 1.79 bits per heavy atom. The molecule has 0 spiro atoms. The number of carbonyl (C=O) groups is 1. The van der Waals surface area contributed by atoms with Crippen LogP contribution in [-0.2, 0) is 9.53 Å². The molecule has 2 heterocycles. The molecule has 0 radical (unpaired) electrons. The van der Waals surface area contributed by atoms with Gasteiger partial charge in [-0.05, 0) is 137 Å². The summed E-state index contributed by atoms with van der Waals surface area (Å²) in [5.41, 5.74) is 2.75. The van der Waals surface area contributed by atoms with E-state index in [0.29, 0.717) is 63.4 Å². The quantitative estimate of drug-likeness (QED) is 0.121. The lowest BCUT2D eigenvalue weighted by atomic mass is 9.44. The highest BCUT2D eigenvalue weighted by Gasteiger charge is 2.70. The number of aliphatic hydroxyl groups is 6. The number of hydrogen-bond donors (Lipinski definition) is 8. The van der Waals surface area contributed by atoms with Crippen LogP contribution in [0, 0.1) is 46.3 Å². The van der Waals surface area contributed by atoms with Crippen LogP contribution in [0.2, 0.25) is 0 Å². The van der Waals surface area contributed by atoms with E-state index < -0.39 is 58.3 Å². The fraction of sp³-hybridized carbons (Fsp3) is 0.929. The SMILES string of the molecule is CCCCCC[C@H]1CO[C@@H]([C@@H](O)[C@](C)(O)[C@@H]2CC[C@]3(O)C4=CC(=O)[C@H]5C[C@@H](O)[C@@H](O)C[C@]5(CCC5CCC(N)NC5CCCO)[C@@H]4CC[C@]23C)[C@H]1C. The van der Waals surface area contributed by atoms with Gasteiger partial charge in [-0.1, -0.05) is 46.5 Å². The number of nitrogens with one attached hydrogen (secondary N) is 1. The Labute approximate surface area is 312 Å². The van der Waals surface area contributed by atoms with Crippen molar-refractivity contribution in [3.05, 3.63) is 11.6 Å². The minimum Gasteiger partial charge on any atom is -0.396 e. The summed E-state index contributed by atoms with van der Waals surface area (Å²) in [5.74, 6) is -0.343. The van der Waals surface area contributed by atoms with Gasteiger partial charge in [-0.3, -0.25) is 10.1 Å². The van der Waals surface area contributed by atoms with E-state index in [1.54, 1.807) is 13.0 Å². The lowest BCUT2D eigenvalue weighted by molar-refractivity contribution is -0.196. The molecule has 3 saturated carbocycles. The van der Waals surface area contributed by atoms with Crippen LogP contribution < -0.4 is 11.1 Å². The third-order valence-corrected chi connectivity index (χ3v) is 16.2. The zero-order chi connectivity index (χ0) is 37.6. The molecular weight excluding hydrogens is 660 g/mol. The second kappa shape index (κ2) is 15.9. The molecule has 298 valence electrons. The molecule has 16 atom stereocenters. The number of aliphatic hydroxyl groups excluding tert-OH is 4. The molecule has 0 aromatic carbocycles. The fourth-order valence-electron chi connectivity index (χ4n) is 13.0. The highest BCUT2D eigenvalue weighted by molar-refractivity contribution is 5.95. The fourth-order valence-corrected chi connectivity index (χ4v) is 13.0. The van der Waals surface area contributed by atoms with Crippen molar-refractivity contribution in [2.75, 3.05) is 13.2 Å². The molecule has 0 aromatic rings. The summed E-state index contributed by atoms with van der Waals surface area (Å²) in [6.45, 7) is 8.82. The van der Waals surface area contributed by atoms with Crippen LogP contribution in [-0.4, -0.2) is 97.5 Å². The first-order valence-electron chi connectivity index (χ1n) is 21.1. The van der Waals surface area contributed by atoms with E-state index in [2.05, 4.69) is 19.2 Å². The Balaban J connectivity index is 1.25. The van der Waals surface area contributed by atoms with Gasteiger partial charge in [-0.25, -0.2) is 0 Å². The second-order valence-electron chi connectivity index (χ2n) is 18.9. The van der Waals surface area contributed by atoms with Crippen molar-refractivity contribution in [2.45, 2.75) is 185 Å². The molecule has 3 unspecified atom stereocenters. The number of nitrogens with two attached hydrogens (primary N) is 1. The van der Waals surface area contributed by atoms with Crippen LogP contribution in [0.25, 0.3) is 0 Å². The van der Waals surface area contributed by atoms with E-state index in [1.807, 2.05) is 6.92 Å². The number of allylic oxidation sites excluding steroid dienone is 1. The van der Waals surface area contributed by atoms with Gasteiger partial charge in [-0.15, -0.1) is 0 Å². The zero-order valence-corrected chi connectivity index (χ0v) is 32.5. The highest BCUT2D eigenvalue weighted by Crippen LogP contribution is 2.69. The average molecular weight is 733 g/mol. The number of ketones is 1. The molecule has 2 aliphatic heterocycles. The predicted molar refractivity (Wildman–Crippen MR) is 200 cm³/mol. The standard InChI is InChI=1S/C42H72N2O8/c1-5-6-7-8-10-27-24-52-37(25(27)2)38(49)40(4,50)35-16-19-42(51)29-21-32(46)30-22-33(47)34(48)23-41(30,28(29)15-17-39(35,42)3)18-14-26-12-13-36(43)44-31(26)11-9-20-45/h21,25-28,30-31,33-38,44-45,47-51H,5-20,22-24,43H2,1-4H3/t25-,26?,27-,28+,30+,31?,33+,34-,35+,36?,37+,38+,39+,40+,41+,42-/m0/s1. The van der Waals surface area contributed by atoms with Gasteiger partial charge in [0, 0.05) is 24.0 Å². The third kappa shape index (κ3) is 7.02. The summed E-state index contributed by atoms with van der Waals surface area (Å²) in [6, 6.07) is 0.158. The van der Waals surface area contributed by atoms with Crippen LogP contribution in [0.4, 0.5) is 0 Å². The number of fused-ring (bicyclic) bond motifs is 5. The first-order chi connectivity index (χ1) is 24.6. The normalized spacial score (nSPS) is 46.6.